The lowest BCUT2D eigenvalue weighted by atomic mass is 9.99. The topological polar surface area (TPSA) is 55.5 Å². The molecule has 0 aliphatic carbocycles. The van der Waals surface area contributed by atoms with Crippen molar-refractivity contribution in [3.05, 3.63) is 29.3 Å². The highest BCUT2D eigenvalue weighted by atomic mass is 16.5. The molecule has 1 unspecified atom stereocenters. The van der Waals surface area contributed by atoms with Crippen molar-refractivity contribution in [2.45, 2.75) is 45.6 Å². The van der Waals surface area contributed by atoms with Crippen molar-refractivity contribution >= 4 is 0 Å². The standard InChI is InChI=1S/C15H25NO2/c1-12-7-6-8-13(2)14(12)18-10-5-4-9-15(3,17)11-16/h6-8,17H,4-5,9-11,16H2,1-3H3. The third-order valence-electron chi connectivity index (χ3n) is 3.20. The molecule has 0 fully saturated rings. The van der Waals surface area contributed by atoms with Crippen LogP contribution in [0.25, 0.3) is 0 Å². The minimum Gasteiger partial charge on any atom is -0.493 e. The maximum Gasteiger partial charge on any atom is 0.125 e. The molecule has 3 nitrogen and oxygen atoms in total. The zero-order valence-electron chi connectivity index (χ0n) is 11.7. The summed E-state index contributed by atoms with van der Waals surface area (Å²) in [5.74, 6) is 0.989. The molecule has 18 heavy (non-hydrogen) atoms. The number of ether oxygens (including phenoxy) is 1. The zero-order chi connectivity index (χ0) is 13.6. The number of hydrogen-bond acceptors (Lipinski definition) is 3. The van der Waals surface area contributed by atoms with Gasteiger partial charge in [0.05, 0.1) is 12.2 Å². The lowest BCUT2D eigenvalue weighted by molar-refractivity contribution is 0.0562. The molecule has 102 valence electrons. The predicted molar refractivity (Wildman–Crippen MR) is 74.9 cm³/mol. The number of hydrogen-bond donors (Lipinski definition) is 2. The van der Waals surface area contributed by atoms with Crippen molar-refractivity contribution in [1.29, 1.82) is 0 Å². The van der Waals surface area contributed by atoms with Gasteiger partial charge in [0.25, 0.3) is 0 Å². The SMILES string of the molecule is Cc1cccc(C)c1OCCCCC(C)(O)CN. The van der Waals surface area contributed by atoms with Crippen LogP contribution >= 0.6 is 0 Å². The van der Waals surface area contributed by atoms with Crippen LogP contribution in [0.1, 0.15) is 37.3 Å². The molecule has 0 bridgehead atoms. The highest BCUT2D eigenvalue weighted by Crippen LogP contribution is 2.22. The summed E-state index contributed by atoms with van der Waals surface area (Å²) in [6, 6.07) is 6.15. The summed E-state index contributed by atoms with van der Waals surface area (Å²) in [5, 5.41) is 9.76. The van der Waals surface area contributed by atoms with E-state index in [0.717, 1.165) is 25.0 Å². The summed E-state index contributed by atoms with van der Waals surface area (Å²) >= 11 is 0. The molecule has 0 radical (unpaired) electrons. The number of unbranched alkanes of at least 4 members (excludes halogenated alkanes) is 1. The number of aliphatic hydroxyl groups is 1. The fourth-order valence-corrected chi connectivity index (χ4v) is 1.91. The van der Waals surface area contributed by atoms with Crippen LogP contribution in [-0.4, -0.2) is 23.9 Å². The lowest BCUT2D eigenvalue weighted by Gasteiger charge is -2.20. The molecule has 0 aromatic heterocycles. The van der Waals surface area contributed by atoms with Crippen LogP contribution in [0.2, 0.25) is 0 Å². The van der Waals surface area contributed by atoms with E-state index in [1.54, 1.807) is 6.92 Å². The van der Waals surface area contributed by atoms with Gasteiger partial charge in [-0.25, -0.2) is 0 Å². The van der Waals surface area contributed by atoms with Gasteiger partial charge in [0, 0.05) is 6.54 Å². The van der Waals surface area contributed by atoms with Gasteiger partial charge in [-0.2, -0.15) is 0 Å². The molecule has 1 atom stereocenters. The van der Waals surface area contributed by atoms with Crippen LogP contribution in [0.3, 0.4) is 0 Å². The van der Waals surface area contributed by atoms with Crippen molar-refractivity contribution < 1.29 is 9.84 Å². The Hall–Kier alpha value is -1.06. The van der Waals surface area contributed by atoms with Gasteiger partial charge in [-0.1, -0.05) is 18.2 Å². The summed E-state index contributed by atoms with van der Waals surface area (Å²) < 4.78 is 5.80. The Bertz CT molecular complexity index is 355. The van der Waals surface area contributed by atoms with E-state index >= 15 is 0 Å². The Balaban J connectivity index is 2.30. The van der Waals surface area contributed by atoms with Crippen molar-refractivity contribution in [2.24, 2.45) is 5.73 Å². The van der Waals surface area contributed by atoms with E-state index in [1.807, 2.05) is 6.07 Å². The van der Waals surface area contributed by atoms with Crippen LogP contribution in [0, 0.1) is 13.8 Å². The van der Waals surface area contributed by atoms with Gasteiger partial charge < -0.3 is 15.6 Å². The maximum atomic E-state index is 9.76. The van der Waals surface area contributed by atoms with Gasteiger partial charge >= 0.3 is 0 Å². The maximum absolute atomic E-state index is 9.76. The number of aryl methyl sites for hydroxylation is 2. The Morgan fingerprint density at radius 1 is 1.22 bits per heavy atom. The number of para-hydroxylation sites is 1. The van der Waals surface area contributed by atoms with Gasteiger partial charge in [0.2, 0.25) is 0 Å². The monoisotopic (exact) mass is 251 g/mol. The van der Waals surface area contributed by atoms with Crippen LogP contribution in [0.4, 0.5) is 0 Å². The first-order valence-corrected chi connectivity index (χ1v) is 6.58. The van der Waals surface area contributed by atoms with Crippen LogP contribution in [-0.2, 0) is 0 Å². The molecule has 3 N–H and O–H groups in total. The quantitative estimate of drug-likeness (QED) is 0.732. The fourth-order valence-electron chi connectivity index (χ4n) is 1.91. The first-order chi connectivity index (χ1) is 8.46. The van der Waals surface area contributed by atoms with E-state index in [1.165, 1.54) is 11.1 Å². The third kappa shape index (κ3) is 4.67. The minimum atomic E-state index is -0.738. The second-order valence-corrected chi connectivity index (χ2v) is 5.23. The lowest BCUT2D eigenvalue weighted by Crippen LogP contribution is -2.33. The Kier molecular flexibility index (Phi) is 5.63. The highest BCUT2D eigenvalue weighted by molar-refractivity contribution is 5.39. The summed E-state index contributed by atoms with van der Waals surface area (Å²) in [6.45, 7) is 6.89. The highest BCUT2D eigenvalue weighted by Gasteiger charge is 2.16. The number of nitrogens with two attached hydrogens (primary N) is 1. The van der Waals surface area contributed by atoms with Gasteiger partial charge in [0.15, 0.2) is 0 Å². The van der Waals surface area contributed by atoms with Crippen molar-refractivity contribution in [1.82, 2.24) is 0 Å². The molecule has 0 amide bonds. The molecule has 0 saturated heterocycles. The average Bonchev–Trinajstić information content (AvgIpc) is 2.32. The van der Waals surface area contributed by atoms with Gasteiger partial charge in [-0.05, 0) is 51.2 Å². The molecular formula is C15H25NO2. The zero-order valence-corrected chi connectivity index (χ0v) is 11.7. The van der Waals surface area contributed by atoms with Crippen LogP contribution in [0.5, 0.6) is 5.75 Å². The van der Waals surface area contributed by atoms with Crippen LogP contribution < -0.4 is 10.5 Å². The summed E-state index contributed by atoms with van der Waals surface area (Å²) in [7, 11) is 0. The van der Waals surface area contributed by atoms with E-state index in [-0.39, 0.29) is 0 Å². The third-order valence-corrected chi connectivity index (χ3v) is 3.20. The minimum absolute atomic E-state index is 0.310. The van der Waals surface area contributed by atoms with Gasteiger partial charge in [-0.3, -0.25) is 0 Å². The molecule has 3 heteroatoms. The van der Waals surface area contributed by atoms with E-state index in [2.05, 4.69) is 26.0 Å². The molecule has 0 aliphatic rings. The number of benzene rings is 1. The summed E-state index contributed by atoms with van der Waals surface area (Å²) in [4.78, 5) is 0. The normalized spacial score (nSPS) is 14.3. The van der Waals surface area contributed by atoms with E-state index in [0.29, 0.717) is 13.2 Å². The van der Waals surface area contributed by atoms with E-state index < -0.39 is 5.60 Å². The Morgan fingerprint density at radius 3 is 2.39 bits per heavy atom. The molecule has 0 spiro atoms. The second kappa shape index (κ2) is 6.76. The van der Waals surface area contributed by atoms with Crippen molar-refractivity contribution in [3.63, 3.8) is 0 Å². The Labute approximate surface area is 110 Å². The molecule has 1 rings (SSSR count). The largest absolute Gasteiger partial charge is 0.493 e. The smallest absolute Gasteiger partial charge is 0.125 e. The molecule has 1 aromatic rings. The van der Waals surface area contributed by atoms with E-state index in [9.17, 15) is 5.11 Å². The average molecular weight is 251 g/mol. The molecular weight excluding hydrogens is 226 g/mol. The molecule has 0 saturated carbocycles. The summed E-state index contributed by atoms with van der Waals surface area (Å²) in [6.07, 6.45) is 2.58. The van der Waals surface area contributed by atoms with Crippen molar-refractivity contribution in [3.8, 4) is 5.75 Å². The number of rotatable bonds is 7. The van der Waals surface area contributed by atoms with Crippen molar-refractivity contribution in [2.75, 3.05) is 13.2 Å². The first-order valence-electron chi connectivity index (χ1n) is 6.58. The second-order valence-electron chi connectivity index (χ2n) is 5.23. The van der Waals surface area contributed by atoms with Crippen LogP contribution in [0.15, 0.2) is 18.2 Å². The Morgan fingerprint density at radius 2 is 1.83 bits per heavy atom. The molecule has 0 heterocycles. The molecule has 0 aliphatic heterocycles. The molecule has 1 aromatic carbocycles. The fraction of sp³-hybridized carbons (Fsp3) is 0.600. The summed E-state index contributed by atoms with van der Waals surface area (Å²) in [5.41, 5.74) is 7.07. The predicted octanol–water partition coefficient (Wildman–Crippen LogP) is 2.56. The van der Waals surface area contributed by atoms with Gasteiger partial charge in [0.1, 0.15) is 5.75 Å². The van der Waals surface area contributed by atoms with Gasteiger partial charge in [-0.15, -0.1) is 0 Å². The van der Waals surface area contributed by atoms with E-state index in [4.69, 9.17) is 10.5 Å². The first kappa shape index (κ1) is 15.0.